The molecule has 0 spiro atoms. The lowest BCUT2D eigenvalue weighted by Crippen LogP contribution is -2.49. The van der Waals surface area contributed by atoms with Gasteiger partial charge in [0.2, 0.25) is 5.95 Å². The summed E-state index contributed by atoms with van der Waals surface area (Å²) < 4.78 is 0. The summed E-state index contributed by atoms with van der Waals surface area (Å²) in [6.45, 7) is 9.77. The van der Waals surface area contributed by atoms with E-state index in [4.69, 9.17) is 0 Å². The van der Waals surface area contributed by atoms with Crippen LogP contribution in [0, 0.1) is 5.41 Å². The first-order chi connectivity index (χ1) is 8.06. The molecule has 0 bridgehead atoms. The van der Waals surface area contributed by atoms with E-state index in [1.165, 1.54) is 6.42 Å². The van der Waals surface area contributed by atoms with Gasteiger partial charge in [0, 0.05) is 31.6 Å². The van der Waals surface area contributed by atoms with Crippen LogP contribution in [-0.2, 0) is 0 Å². The number of aromatic amines is 1. The first-order valence-electron chi connectivity index (χ1n) is 6.47. The quantitative estimate of drug-likeness (QED) is 0.806. The molecular formula is C12H21N5. The van der Waals surface area contributed by atoms with Gasteiger partial charge in [0.25, 0.3) is 0 Å². The molecule has 1 unspecified atom stereocenters. The first kappa shape index (κ1) is 11.0. The lowest BCUT2D eigenvalue weighted by molar-refractivity contribution is 0.479. The summed E-state index contributed by atoms with van der Waals surface area (Å²) in [5.41, 5.74) is 0.410. The zero-order valence-electron chi connectivity index (χ0n) is 10.8. The highest BCUT2D eigenvalue weighted by molar-refractivity contribution is 5.32. The summed E-state index contributed by atoms with van der Waals surface area (Å²) in [6, 6.07) is 0.517. The Hall–Kier alpha value is -1.10. The molecule has 0 radical (unpaired) electrons. The SMILES string of the molecule is C[C@H]1CN(c2n[nH]c(C3CC3(C)C)n2)CCN1. The smallest absolute Gasteiger partial charge is 0.244 e. The van der Waals surface area contributed by atoms with Crippen molar-refractivity contribution in [1.82, 2.24) is 20.5 Å². The molecule has 3 rings (SSSR count). The second-order valence-electron chi connectivity index (χ2n) is 6.07. The van der Waals surface area contributed by atoms with E-state index in [1.54, 1.807) is 0 Å². The summed E-state index contributed by atoms with van der Waals surface area (Å²) in [4.78, 5) is 6.92. The monoisotopic (exact) mass is 235 g/mol. The van der Waals surface area contributed by atoms with E-state index in [0.717, 1.165) is 31.4 Å². The van der Waals surface area contributed by atoms with Crippen LogP contribution in [0.4, 0.5) is 5.95 Å². The Morgan fingerprint density at radius 3 is 2.82 bits per heavy atom. The Morgan fingerprint density at radius 1 is 1.41 bits per heavy atom. The average molecular weight is 235 g/mol. The Bertz CT molecular complexity index is 411. The van der Waals surface area contributed by atoms with Gasteiger partial charge in [-0.3, -0.25) is 5.10 Å². The fraction of sp³-hybridized carbons (Fsp3) is 0.833. The van der Waals surface area contributed by atoms with Crippen LogP contribution < -0.4 is 10.2 Å². The number of rotatable bonds is 2. The third-order valence-electron chi connectivity index (χ3n) is 3.99. The molecule has 1 aromatic rings. The predicted molar refractivity (Wildman–Crippen MR) is 67.2 cm³/mol. The summed E-state index contributed by atoms with van der Waals surface area (Å²) in [6.07, 6.45) is 1.22. The van der Waals surface area contributed by atoms with Gasteiger partial charge in [-0.1, -0.05) is 13.8 Å². The Kier molecular flexibility index (Phi) is 2.40. The van der Waals surface area contributed by atoms with Crippen LogP contribution in [0.3, 0.4) is 0 Å². The molecule has 0 amide bonds. The van der Waals surface area contributed by atoms with Crippen molar-refractivity contribution in [2.75, 3.05) is 24.5 Å². The van der Waals surface area contributed by atoms with E-state index in [1.807, 2.05) is 0 Å². The zero-order valence-corrected chi connectivity index (χ0v) is 10.8. The van der Waals surface area contributed by atoms with Gasteiger partial charge in [0.1, 0.15) is 5.82 Å². The Balaban J connectivity index is 1.72. The Morgan fingerprint density at radius 2 is 2.18 bits per heavy atom. The van der Waals surface area contributed by atoms with E-state index in [2.05, 4.69) is 46.2 Å². The van der Waals surface area contributed by atoms with Crippen molar-refractivity contribution in [1.29, 1.82) is 0 Å². The van der Waals surface area contributed by atoms with E-state index < -0.39 is 0 Å². The second-order valence-corrected chi connectivity index (χ2v) is 6.07. The van der Waals surface area contributed by atoms with Gasteiger partial charge < -0.3 is 10.2 Å². The summed E-state index contributed by atoms with van der Waals surface area (Å²) in [5.74, 6) is 2.51. The lowest BCUT2D eigenvalue weighted by atomic mass is 10.1. The number of nitrogens with zero attached hydrogens (tertiary/aromatic N) is 3. The van der Waals surface area contributed by atoms with Crippen LogP contribution in [0.15, 0.2) is 0 Å². The minimum atomic E-state index is 0.410. The number of aromatic nitrogens is 3. The van der Waals surface area contributed by atoms with Crippen LogP contribution in [0.25, 0.3) is 0 Å². The van der Waals surface area contributed by atoms with Gasteiger partial charge in [-0.25, -0.2) is 0 Å². The van der Waals surface area contributed by atoms with Crippen molar-refractivity contribution in [3.8, 4) is 0 Å². The second kappa shape index (κ2) is 3.70. The minimum absolute atomic E-state index is 0.410. The maximum absolute atomic E-state index is 4.66. The summed E-state index contributed by atoms with van der Waals surface area (Å²) in [7, 11) is 0. The minimum Gasteiger partial charge on any atom is -0.337 e. The fourth-order valence-electron chi connectivity index (χ4n) is 2.61. The van der Waals surface area contributed by atoms with Gasteiger partial charge >= 0.3 is 0 Å². The molecule has 0 aromatic carbocycles. The van der Waals surface area contributed by atoms with Crippen LogP contribution in [0.5, 0.6) is 0 Å². The molecule has 1 saturated carbocycles. The van der Waals surface area contributed by atoms with Crippen LogP contribution in [0.2, 0.25) is 0 Å². The first-order valence-corrected chi connectivity index (χ1v) is 6.47. The largest absolute Gasteiger partial charge is 0.337 e. The van der Waals surface area contributed by atoms with E-state index in [0.29, 0.717) is 17.4 Å². The molecule has 1 saturated heterocycles. The maximum atomic E-state index is 4.66. The highest BCUT2D eigenvalue weighted by Crippen LogP contribution is 2.57. The topological polar surface area (TPSA) is 56.8 Å². The molecule has 2 fully saturated rings. The number of piperazine rings is 1. The van der Waals surface area contributed by atoms with Crippen molar-refractivity contribution >= 4 is 5.95 Å². The van der Waals surface area contributed by atoms with Crippen LogP contribution in [-0.4, -0.2) is 40.9 Å². The summed E-state index contributed by atoms with van der Waals surface area (Å²) in [5, 5.41) is 10.9. The highest BCUT2D eigenvalue weighted by atomic mass is 15.4. The Labute approximate surface area is 102 Å². The number of nitrogens with one attached hydrogen (secondary N) is 2. The van der Waals surface area contributed by atoms with Gasteiger partial charge in [-0.15, -0.1) is 5.10 Å². The van der Waals surface area contributed by atoms with E-state index in [-0.39, 0.29) is 0 Å². The van der Waals surface area contributed by atoms with E-state index >= 15 is 0 Å². The molecule has 2 atom stereocenters. The highest BCUT2D eigenvalue weighted by Gasteiger charge is 2.48. The van der Waals surface area contributed by atoms with Crippen molar-refractivity contribution in [3.05, 3.63) is 5.82 Å². The van der Waals surface area contributed by atoms with Crippen molar-refractivity contribution < 1.29 is 0 Å². The normalized spacial score (nSPS) is 31.6. The maximum Gasteiger partial charge on any atom is 0.244 e. The molecule has 17 heavy (non-hydrogen) atoms. The van der Waals surface area contributed by atoms with Crippen LogP contribution >= 0.6 is 0 Å². The third kappa shape index (κ3) is 2.04. The third-order valence-corrected chi connectivity index (χ3v) is 3.99. The van der Waals surface area contributed by atoms with Gasteiger partial charge in [0.05, 0.1) is 0 Å². The molecule has 2 aliphatic rings. The molecule has 94 valence electrons. The fourth-order valence-corrected chi connectivity index (χ4v) is 2.61. The average Bonchev–Trinajstić information content (AvgIpc) is 2.76. The molecule has 5 heteroatoms. The number of hydrogen-bond donors (Lipinski definition) is 2. The summed E-state index contributed by atoms with van der Waals surface area (Å²) >= 11 is 0. The molecule has 1 aromatic heterocycles. The molecule has 5 nitrogen and oxygen atoms in total. The molecule has 1 aliphatic carbocycles. The number of hydrogen-bond acceptors (Lipinski definition) is 4. The van der Waals surface area contributed by atoms with Gasteiger partial charge in [-0.2, -0.15) is 4.98 Å². The van der Waals surface area contributed by atoms with E-state index in [9.17, 15) is 0 Å². The van der Waals surface area contributed by atoms with Crippen molar-refractivity contribution in [2.45, 2.75) is 39.2 Å². The molecule has 1 aliphatic heterocycles. The zero-order chi connectivity index (χ0) is 12.0. The van der Waals surface area contributed by atoms with Gasteiger partial charge in [0.15, 0.2) is 0 Å². The van der Waals surface area contributed by atoms with Crippen LogP contribution in [0.1, 0.15) is 38.9 Å². The lowest BCUT2D eigenvalue weighted by Gasteiger charge is -2.30. The van der Waals surface area contributed by atoms with Crippen molar-refractivity contribution in [2.24, 2.45) is 5.41 Å². The standard InChI is InChI=1S/C12H21N5/c1-8-7-17(5-4-13-8)11-14-10(15-16-11)9-6-12(9,2)3/h8-9,13H,4-7H2,1-3H3,(H,14,15,16)/t8-,9?/m0/s1. The van der Waals surface area contributed by atoms with Gasteiger partial charge in [-0.05, 0) is 18.8 Å². The molecule has 2 heterocycles. The number of anilines is 1. The molecular weight excluding hydrogens is 214 g/mol. The molecule has 2 N–H and O–H groups in total. The predicted octanol–water partition coefficient (Wildman–Crippen LogP) is 1.12. The number of H-pyrrole nitrogens is 1. The van der Waals surface area contributed by atoms with Crippen molar-refractivity contribution in [3.63, 3.8) is 0 Å².